The number of anilines is 3. The van der Waals surface area contributed by atoms with Crippen molar-refractivity contribution in [3.05, 3.63) is 29.3 Å². The summed E-state index contributed by atoms with van der Waals surface area (Å²) in [6.45, 7) is 6.39. The highest BCUT2D eigenvalue weighted by Crippen LogP contribution is 2.36. The molecule has 2 aromatic heterocycles. The first-order chi connectivity index (χ1) is 15.0. The number of aliphatic hydroxyl groups is 1. The summed E-state index contributed by atoms with van der Waals surface area (Å²) in [6.07, 6.45) is -5.38. The summed E-state index contributed by atoms with van der Waals surface area (Å²) in [5, 5.41) is 16.7. The lowest BCUT2D eigenvalue weighted by molar-refractivity contribution is -0.153. The van der Waals surface area contributed by atoms with E-state index in [-0.39, 0.29) is 36.9 Å². The SMILES string of the molecule is Cc1nc(NC2CN(C(=O)c3ccc(C(F)(F)F)o3)C2)nc2c1NC(O)[C@H](C(C)C)N2C. The standard InChI is InChI=1S/C20H25F3N6O3/c1-9(2)15-17(30)26-14-10(3)24-19(27-16(14)28(15)4)25-11-7-29(8-11)18(31)12-5-6-13(32-12)20(21,22)23/h5-6,9,11,15,17,26,30H,7-8H2,1-4H3,(H,24,25,27)/t15-,17?/m0/s1. The Morgan fingerprint density at radius 1 is 1.31 bits per heavy atom. The first kappa shape index (κ1) is 22.2. The Morgan fingerprint density at radius 3 is 2.59 bits per heavy atom. The van der Waals surface area contributed by atoms with Crippen LogP contribution in [0.3, 0.4) is 0 Å². The molecule has 0 saturated carbocycles. The molecular weight excluding hydrogens is 429 g/mol. The van der Waals surface area contributed by atoms with E-state index in [0.717, 1.165) is 12.1 Å². The molecule has 4 rings (SSSR count). The van der Waals surface area contributed by atoms with Crippen LogP contribution in [-0.2, 0) is 6.18 Å². The first-order valence-corrected chi connectivity index (χ1v) is 10.2. The van der Waals surface area contributed by atoms with Gasteiger partial charge in [0.25, 0.3) is 5.91 Å². The highest BCUT2D eigenvalue weighted by Gasteiger charge is 2.39. The third kappa shape index (κ3) is 3.94. The van der Waals surface area contributed by atoms with Gasteiger partial charge >= 0.3 is 6.18 Å². The maximum atomic E-state index is 12.7. The van der Waals surface area contributed by atoms with Gasteiger partial charge in [0.2, 0.25) is 11.7 Å². The first-order valence-electron chi connectivity index (χ1n) is 10.2. The lowest BCUT2D eigenvalue weighted by Crippen LogP contribution is -2.57. The molecule has 1 saturated heterocycles. The van der Waals surface area contributed by atoms with Gasteiger partial charge in [-0.15, -0.1) is 0 Å². The third-order valence-electron chi connectivity index (χ3n) is 5.75. The largest absolute Gasteiger partial charge is 0.449 e. The number of rotatable bonds is 4. The second kappa shape index (κ2) is 7.84. The van der Waals surface area contributed by atoms with E-state index in [1.54, 1.807) is 6.92 Å². The Bertz CT molecular complexity index is 1020. The smallest absolute Gasteiger partial charge is 0.446 e. The van der Waals surface area contributed by atoms with Gasteiger partial charge in [-0.05, 0) is 25.0 Å². The maximum Gasteiger partial charge on any atom is 0.449 e. The number of aliphatic hydroxyl groups excluding tert-OH is 1. The van der Waals surface area contributed by atoms with Crippen LogP contribution in [0.4, 0.5) is 30.6 Å². The van der Waals surface area contributed by atoms with Gasteiger partial charge in [0.05, 0.1) is 17.8 Å². The number of aryl methyl sites for hydroxylation is 1. The predicted molar refractivity (Wildman–Crippen MR) is 110 cm³/mol. The minimum atomic E-state index is -4.63. The van der Waals surface area contributed by atoms with Gasteiger partial charge in [0, 0.05) is 20.1 Å². The molecule has 2 aliphatic heterocycles. The number of alkyl halides is 3. The van der Waals surface area contributed by atoms with Crippen molar-refractivity contribution in [2.75, 3.05) is 35.7 Å². The van der Waals surface area contributed by atoms with Crippen molar-refractivity contribution in [2.45, 2.75) is 45.3 Å². The lowest BCUT2D eigenvalue weighted by atomic mass is 9.98. The van der Waals surface area contributed by atoms with E-state index in [9.17, 15) is 23.1 Å². The summed E-state index contributed by atoms with van der Waals surface area (Å²) in [6, 6.07) is 1.46. The predicted octanol–water partition coefficient (Wildman–Crippen LogP) is 2.54. The third-order valence-corrected chi connectivity index (χ3v) is 5.75. The van der Waals surface area contributed by atoms with E-state index in [2.05, 4.69) is 25.0 Å². The Kier molecular flexibility index (Phi) is 5.43. The van der Waals surface area contributed by atoms with E-state index in [1.165, 1.54) is 4.90 Å². The summed E-state index contributed by atoms with van der Waals surface area (Å²) in [5.74, 6) is -0.930. The maximum absolute atomic E-state index is 12.7. The fourth-order valence-corrected chi connectivity index (χ4v) is 4.12. The van der Waals surface area contributed by atoms with Crippen LogP contribution < -0.4 is 15.5 Å². The molecule has 2 atom stereocenters. The van der Waals surface area contributed by atoms with Crippen LogP contribution in [0.5, 0.6) is 0 Å². The monoisotopic (exact) mass is 454 g/mol. The van der Waals surface area contributed by atoms with Crippen LogP contribution in [0.1, 0.15) is 35.9 Å². The van der Waals surface area contributed by atoms with Crippen LogP contribution in [-0.4, -0.2) is 64.3 Å². The molecule has 0 aliphatic carbocycles. The normalized spacial score (nSPS) is 21.3. The van der Waals surface area contributed by atoms with Crippen LogP contribution in [0.15, 0.2) is 16.5 Å². The van der Waals surface area contributed by atoms with Gasteiger partial charge in [0.15, 0.2) is 11.6 Å². The number of halogens is 3. The van der Waals surface area contributed by atoms with E-state index < -0.39 is 24.1 Å². The molecule has 9 nitrogen and oxygen atoms in total. The summed E-state index contributed by atoms with van der Waals surface area (Å²) in [7, 11) is 1.87. The van der Waals surface area contributed by atoms with Crippen molar-refractivity contribution in [2.24, 2.45) is 5.92 Å². The molecule has 4 heterocycles. The number of hydrogen-bond acceptors (Lipinski definition) is 8. The number of hydrogen-bond donors (Lipinski definition) is 3. The Hall–Kier alpha value is -3.02. The highest BCUT2D eigenvalue weighted by atomic mass is 19.4. The topological polar surface area (TPSA) is 107 Å². The van der Waals surface area contributed by atoms with Gasteiger partial charge in [-0.1, -0.05) is 13.8 Å². The fourth-order valence-electron chi connectivity index (χ4n) is 4.12. The molecule has 174 valence electrons. The molecule has 32 heavy (non-hydrogen) atoms. The molecule has 0 radical (unpaired) electrons. The van der Waals surface area contributed by atoms with E-state index in [0.29, 0.717) is 23.1 Å². The van der Waals surface area contributed by atoms with Crippen LogP contribution in [0.25, 0.3) is 0 Å². The fraction of sp³-hybridized carbons (Fsp3) is 0.550. The molecular formula is C20H25F3N6O3. The van der Waals surface area contributed by atoms with Crippen LogP contribution >= 0.6 is 0 Å². The number of fused-ring (bicyclic) bond motifs is 1. The van der Waals surface area contributed by atoms with Gasteiger partial charge in [-0.3, -0.25) is 4.79 Å². The zero-order chi connectivity index (χ0) is 23.4. The summed E-state index contributed by atoms with van der Waals surface area (Å²) >= 11 is 0. The van der Waals surface area contributed by atoms with Crippen LogP contribution in [0, 0.1) is 12.8 Å². The van der Waals surface area contributed by atoms with Crippen molar-refractivity contribution in [1.82, 2.24) is 14.9 Å². The number of carbonyl (C=O) groups is 1. The van der Waals surface area contributed by atoms with E-state index in [4.69, 9.17) is 0 Å². The molecule has 0 bridgehead atoms. The van der Waals surface area contributed by atoms with Crippen LogP contribution in [0.2, 0.25) is 0 Å². The van der Waals surface area contributed by atoms with Crippen molar-refractivity contribution in [3.8, 4) is 0 Å². The lowest BCUT2D eigenvalue weighted by Gasteiger charge is -2.42. The van der Waals surface area contributed by atoms with E-state index >= 15 is 0 Å². The van der Waals surface area contributed by atoms with Gasteiger partial charge < -0.3 is 30.0 Å². The molecule has 3 N–H and O–H groups in total. The average Bonchev–Trinajstić information content (AvgIpc) is 3.15. The quantitative estimate of drug-likeness (QED) is 0.647. The molecule has 0 spiro atoms. The summed E-state index contributed by atoms with van der Waals surface area (Å²) in [5.41, 5.74) is 1.32. The number of amides is 1. The Labute approximate surface area is 182 Å². The average molecular weight is 454 g/mol. The molecule has 1 fully saturated rings. The summed E-state index contributed by atoms with van der Waals surface area (Å²) in [4.78, 5) is 24.7. The van der Waals surface area contributed by atoms with Gasteiger partial charge in [0.1, 0.15) is 11.9 Å². The molecule has 2 aliphatic rings. The van der Waals surface area contributed by atoms with Crippen molar-refractivity contribution in [3.63, 3.8) is 0 Å². The zero-order valence-corrected chi connectivity index (χ0v) is 18.1. The number of nitrogens with zero attached hydrogens (tertiary/aromatic N) is 4. The Morgan fingerprint density at radius 2 is 2.00 bits per heavy atom. The van der Waals surface area contributed by atoms with Crippen molar-refractivity contribution in [1.29, 1.82) is 0 Å². The number of aromatic nitrogens is 2. The second-order valence-electron chi connectivity index (χ2n) is 8.48. The zero-order valence-electron chi connectivity index (χ0n) is 18.1. The molecule has 2 aromatic rings. The number of nitrogens with one attached hydrogen (secondary N) is 2. The number of likely N-dealkylation sites (tertiary alicyclic amines) is 1. The van der Waals surface area contributed by atoms with E-state index in [1.807, 2.05) is 25.8 Å². The summed E-state index contributed by atoms with van der Waals surface area (Å²) < 4.78 is 42.7. The van der Waals surface area contributed by atoms with Gasteiger partial charge in [-0.25, -0.2) is 4.98 Å². The molecule has 1 unspecified atom stereocenters. The Balaban J connectivity index is 1.42. The molecule has 0 aromatic carbocycles. The number of carbonyl (C=O) groups excluding carboxylic acids is 1. The number of furan rings is 1. The van der Waals surface area contributed by atoms with Crippen molar-refractivity contribution >= 4 is 23.4 Å². The number of likely N-dealkylation sites (N-methyl/N-ethyl adjacent to an activating group) is 1. The second-order valence-corrected chi connectivity index (χ2v) is 8.48. The minimum absolute atomic E-state index is 0.151. The molecule has 1 amide bonds. The van der Waals surface area contributed by atoms with Crippen molar-refractivity contribution < 1.29 is 27.5 Å². The highest BCUT2D eigenvalue weighted by molar-refractivity contribution is 5.92. The molecule has 12 heteroatoms. The van der Waals surface area contributed by atoms with Gasteiger partial charge in [-0.2, -0.15) is 18.2 Å². The minimum Gasteiger partial charge on any atom is -0.446 e.